The predicted molar refractivity (Wildman–Crippen MR) is 102 cm³/mol. The molecule has 0 radical (unpaired) electrons. The third-order valence-corrected chi connectivity index (χ3v) is 3.88. The number of nitrogens with one attached hydrogen (secondary N) is 2. The van der Waals surface area contributed by atoms with Gasteiger partial charge in [-0.25, -0.2) is 0 Å². The molecular formula is C20H22N2O4. The van der Waals surface area contributed by atoms with Crippen LogP contribution in [0.15, 0.2) is 42.5 Å². The molecule has 3 aromatic rings. The molecule has 136 valence electrons. The first-order chi connectivity index (χ1) is 12.6. The van der Waals surface area contributed by atoms with E-state index >= 15 is 0 Å². The monoisotopic (exact) mass is 354 g/mol. The second kappa shape index (κ2) is 7.82. The Hall–Kier alpha value is -3.15. The Morgan fingerprint density at radius 2 is 1.77 bits per heavy atom. The lowest BCUT2D eigenvalue weighted by molar-refractivity contribution is 0.102. The van der Waals surface area contributed by atoms with Crippen LogP contribution in [0, 0.1) is 0 Å². The van der Waals surface area contributed by atoms with E-state index in [1.54, 1.807) is 25.3 Å². The highest BCUT2D eigenvalue weighted by Gasteiger charge is 2.14. The lowest BCUT2D eigenvalue weighted by atomic mass is 10.2. The number of carbonyl (C=O) groups is 1. The molecule has 0 fully saturated rings. The first-order valence-corrected chi connectivity index (χ1v) is 8.52. The van der Waals surface area contributed by atoms with Gasteiger partial charge in [0.1, 0.15) is 22.9 Å². The van der Waals surface area contributed by atoms with Gasteiger partial charge < -0.3 is 24.5 Å². The first-order valence-electron chi connectivity index (χ1n) is 8.52. The van der Waals surface area contributed by atoms with Crippen molar-refractivity contribution in [2.24, 2.45) is 0 Å². The minimum Gasteiger partial charge on any atom is -0.497 e. The van der Waals surface area contributed by atoms with Crippen molar-refractivity contribution in [1.29, 1.82) is 0 Å². The van der Waals surface area contributed by atoms with Crippen LogP contribution in [0.2, 0.25) is 0 Å². The van der Waals surface area contributed by atoms with Gasteiger partial charge in [-0.15, -0.1) is 0 Å². The van der Waals surface area contributed by atoms with E-state index in [2.05, 4.69) is 10.3 Å². The quantitative estimate of drug-likeness (QED) is 0.666. The Morgan fingerprint density at radius 3 is 2.50 bits per heavy atom. The van der Waals surface area contributed by atoms with Gasteiger partial charge in [-0.3, -0.25) is 4.79 Å². The molecule has 2 aromatic carbocycles. The van der Waals surface area contributed by atoms with E-state index in [1.807, 2.05) is 38.1 Å². The fraction of sp³-hybridized carbons (Fsp3) is 0.250. The molecule has 0 bridgehead atoms. The summed E-state index contributed by atoms with van der Waals surface area (Å²) in [5, 5.41) is 3.83. The number of rotatable bonds is 7. The zero-order chi connectivity index (χ0) is 18.5. The number of ether oxygens (including phenoxy) is 3. The number of hydrogen-bond acceptors (Lipinski definition) is 4. The van der Waals surface area contributed by atoms with Crippen molar-refractivity contribution in [3.05, 3.63) is 48.2 Å². The highest BCUT2D eigenvalue weighted by Crippen LogP contribution is 2.30. The SMILES string of the molecule is CCOc1ccc(OCC)c(NC(=O)c2cc3ccc(OC)cc3[nH]2)c1. The van der Waals surface area contributed by atoms with Crippen LogP contribution in [0.3, 0.4) is 0 Å². The van der Waals surface area contributed by atoms with Crippen LogP contribution in [0.5, 0.6) is 17.2 Å². The molecule has 0 aliphatic heterocycles. The Morgan fingerprint density at radius 1 is 1.00 bits per heavy atom. The Balaban J connectivity index is 1.87. The third-order valence-electron chi connectivity index (χ3n) is 3.88. The summed E-state index contributed by atoms with van der Waals surface area (Å²) in [7, 11) is 1.61. The van der Waals surface area contributed by atoms with Gasteiger partial charge in [0.2, 0.25) is 0 Å². The van der Waals surface area contributed by atoms with Crippen molar-refractivity contribution in [1.82, 2.24) is 4.98 Å². The standard InChI is InChI=1S/C20H22N2O4/c1-4-25-15-8-9-19(26-5-2)17(12-15)22-20(23)18-10-13-6-7-14(24-3)11-16(13)21-18/h6-12,21H,4-5H2,1-3H3,(H,22,23). The number of amides is 1. The van der Waals surface area contributed by atoms with Crippen molar-refractivity contribution in [3.8, 4) is 17.2 Å². The van der Waals surface area contributed by atoms with Crippen LogP contribution < -0.4 is 19.5 Å². The predicted octanol–water partition coefficient (Wildman–Crippen LogP) is 4.23. The second-order valence-corrected chi connectivity index (χ2v) is 5.61. The topological polar surface area (TPSA) is 72.6 Å². The van der Waals surface area contributed by atoms with Gasteiger partial charge in [-0.1, -0.05) is 0 Å². The average Bonchev–Trinajstić information content (AvgIpc) is 3.07. The summed E-state index contributed by atoms with van der Waals surface area (Å²) in [6, 6.07) is 12.8. The highest BCUT2D eigenvalue weighted by atomic mass is 16.5. The van der Waals surface area contributed by atoms with Gasteiger partial charge in [-0.05, 0) is 44.2 Å². The molecule has 0 spiro atoms. The summed E-state index contributed by atoms with van der Waals surface area (Å²) in [5.41, 5.74) is 1.86. The molecule has 26 heavy (non-hydrogen) atoms. The Bertz CT molecular complexity index is 917. The summed E-state index contributed by atoms with van der Waals surface area (Å²) < 4.78 is 16.3. The maximum absolute atomic E-state index is 12.7. The first kappa shape index (κ1) is 17.7. The molecule has 1 aromatic heterocycles. The van der Waals surface area contributed by atoms with E-state index < -0.39 is 0 Å². The van der Waals surface area contributed by atoms with Crippen molar-refractivity contribution < 1.29 is 19.0 Å². The van der Waals surface area contributed by atoms with E-state index in [4.69, 9.17) is 14.2 Å². The van der Waals surface area contributed by atoms with Crippen molar-refractivity contribution in [2.45, 2.75) is 13.8 Å². The minimum atomic E-state index is -0.255. The number of benzene rings is 2. The summed E-state index contributed by atoms with van der Waals surface area (Å²) >= 11 is 0. The molecule has 6 nitrogen and oxygen atoms in total. The van der Waals surface area contributed by atoms with E-state index in [1.165, 1.54) is 0 Å². The van der Waals surface area contributed by atoms with Gasteiger partial charge in [0.15, 0.2) is 0 Å². The van der Waals surface area contributed by atoms with Crippen molar-refractivity contribution in [3.63, 3.8) is 0 Å². The molecule has 0 atom stereocenters. The lowest BCUT2D eigenvalue weighted by Gasteiger charge is -2.13. The molecule has 0 unspecified atom stereocenters. The number of aromatic amines is 1. The van der Waals surface area contributed by atoms with E-state index in [9.17, 15) is 4.79 Å². The maximum Gasteiger partial charge on any atom is 0.272 e. The molecule has 6 heteroatoms. The fourth-order valence-electron chi connectivity index (χ4n) is 2.69. The van der Waals surface area contributed by atoms with Gasteiger partial charge in [0.25, 0.3) is 5.91 Å². The number of hydrogen-bond donors (Lipinski definition) is 2. The van der Waals surface area contributed by atoms with E-state index in [0.717, 1.165) is 16.7 Å². The second-order valence-electron chi connectivity index (χ2n) is 5.61. The summed E-state index contributed by atoms with van der Waals surface area (Å²) in [6.45, 7) is 4.86. The Kier molecular flexibility index (Phi) is 5.31. The molecule has 0 saturated heterocycles. The largest absolute Gasteiger partial charge is 0.497 e. The summed E-state index contributed by atoms with van der Waals surface area (Å²) in [4.78, 5) is 15.8. The lowest BCUT2D eigenvalue weighted by Crippen LogP contribution is -2.13. The summed E-state index contributed by atoms with van der Waals surface area (Å²) in [5.74, 6) is 1.75. The zero-order valence-corrected chi connectivity index (χ0v) is 15.1. The van der Waals surface area contributed by atoms with Gasteiger partial charge >= 0.3 is 0 Å². The highest BCUT2D eigenvalue weighted by molar-refractivity contribution is 6.06. The van der Waals surface area contributed by atoms with Crippen LogP contribution in [-0.4, -0.2) is 31.2 Å². The Labute approximate surface area is 152 Å². The van der Waals surface area contributed by atoms with Crippen LogP contribution in [-0.2, 0) is 0 Å². The number of anilines is 1. The molecule has 0 aliphatic carbocycles. The number of carbonyl (C=O) groups excluding carboxylic acids is 1. The van der Waals surface area contributed by atoms with Gasteiger partial charge in [-0.2, -0.15) is 0 Å². The smallest absolute Gasteiger partial charge is 0.272 e. The van der Waals surface area contributed by atoms with E-state index in [-0.39, 0.29) is 5.91 Å². The zero-order valence-electron chi connectivity index (χ0n) is 15.1. The maximum atomic E-state index is 12.7. The summed E-state index contributed by atoms with van der Waals surface area (Å²) in [6.07, 6.45) is 0. The number of H-pyrrole nitrogens is 1. The molecule has 1 amide bonds. The van der Waals surface area contributed by atoms with Crippen LogP contribution in [0.1, 0.15) is 24.3 Å². The normalized spacial score (nSPS) is 10.6. The molecular weight excluding hydrogens is 332 g/mol. The van der Waals surface area contributed by atoms with Crippen molar-refractivity contribution >= 4 is 22.5 Å². The van der Waals surface area contributed by atoms with Crippen LogP contribution in [0.4, 0.5) is 5.69 Å². The molecule has 0 aliphatic rings. The molecule has 3 rings (SSSR count). The number of fused-ring (bicyclic) bond motifs is 1. The molecule has 1 heterocycles. The van der Waals surface area contributed by atoms with Gasteiger partial charge in [0, 0.05) is 23.0 Å². The van der Waals surface area contributed by atoms with Crippen LogP contribution in [0.25, 0.3) is 10.9 Å². The molecule has 0 saturated carbocycles. The number of methoxy groups -OCH3 is 1. The van der Waals surface area contributed by atoms with Crippen molar-refractivity contribution in [2.75, 3.05) is 25.6 Å². The van der Waals surface area contributed by atoms with E-state index in [0.29, 0.717) is 36.1 Å². The third kappa shape index (κ3) is 3.74. The molecule has 2 N–H and O–H groups in total. The minimum absolute atomic E-state index is 0.255. The van der Waals surface area contributed by atoms with Crippen LogP contribution >= 0.6 is 0 Å². The average molecular weight is 354 g/mol. The van der Waals surface area contributed by atoms with Gasteiger partial charge in [0.05, 0.1) is 26.0 Å². The number of aromatic nitrogens is 1. The fourth-order valence-corrected chi connectivity index (χ4v) is 2.69.